The molecule has 13 heteroatoms. The summed E-state index contributed by atoms with van der Waals surface area (Å²) in [6.45, 7) is -0.239. The van der Waals surface area contributed by atoms with Crippen LogP contribution in [0.5, 0.6) is 0 Å². The van der Waals surface area contributed by atoms with Crippen molar-refractivity contribution in [3.63, 3.8) is 0 Å². The van der Waals surface area contributed by atoms with E-state index in [0.717, 1.165) is 21.6 Å². The number of benzene rings is 2. The van der Waals surface area contributed by atoms with Crippen molar-refractivity contribution < 1.29 is 33.5 Å². The van der Waals surface area contributed by atoms with E-state index in [0.29, 0.717) is 49.7 Å². The van der Waals surface area contributed by atoms with E-state index in [1.807, 2.05) is 18.2 Å². The van der Waals surface area contributed by atoms with Gasteiger partial charge in [-0.1, -0.05) is 30.3 Å². The first-order valence-corrected chi connectivity index (χ1v) is 15.4. The second-order valence-electron chi connectivity index (χ2n) is 12.2. The van der Waals surface area contributed by atoms with Crippen LogP contribution in [0.4, 0.5) is 9.18 Å². The molecule has 3 aliphatic rings. The molecule has 2 aromatic carbocycles. The number of aromatic nitrogens is 2. The number of fused-ring (bicyclic) bond motifs is 2. The van der Waals surface area contributed by atoms with E-state index in [9.17, 15) is 33.5 Å². The predicted octanol–water partition coefficient (Wildman–Crippen LogP) is 2.80. The van der Waals surface area contributed by atoms with Gasteiger partial charge in [0.05, 0.1) is 12.1 Å². The van der Waals surface area contributed by atoms with Gasteiger partial charge in [0.25, 0.3) is 5.91 Å². The number of carbonyl (C=O) groups is 5. The zero-order valence-corrected chi connectivity index (χ0v) is 25.4. The van der Waals surface area contributed by atoms with Crippen LogP contribution in [-0.4, -0.2) is 74.0 Å². The number of rotatable bonds is 9. The fourth-order valence-corrected chi connectivity index (χ4v) is 6.87. The Morgan fingerprint density at radius 2 is 1.80 bits per heavy atom. The average molecular weight is 631 g/mol. The molecule has 3 aromatic rings. The first kappa shape index (κ1) is 30.9. The minimum Gasteiger partial charge on any atom is -0.481 e. The van der Waals surface area contributed by atoms with Gasteiger partial charge in [-0.25, -0.2) is 9.18 Å². The fourth-order valence-electron chi connectivity index (χ4n) is 6.87. The van der Waals surface area contributed by atoms with Crippen LogP contribution in [0.3, 0.4) is 0 Å². The molecule has 240 valence electrons. The Morgan fingerprint density at radius 1 is 1.07 bits per heavy atom. The number of carbonyl (C=O) groups excluding carboxylic acids is 4. The molecule has 5 amide bonds. The molecule has 1 saturated carbocycles. The highest BCUT2D eigenvalue weighted by Gasteiger charge is 2.56. The number of imide groups is 1. The maximum absolute atomic E-state index is 14.0. The summed E-state index contributed by atoms with van der Waals surface area (Å²) in [7, 11) is 1.56. The van der Waals surface area contributed by atoms with Crippen LogP contribution in [0.15, 0.2) is 54.9 Å². The van der Waals surface area contributed by atoms with Gasteiger partial charge in [0, 0.05) is 31.4 Å². The highest BCUT2D eigenvalue weighted by molar-refractivity contribution is 6.10. The molecule has 1 aromatic heterocycles. The molecule has 2 fully saturated rings. The molecular weight excluding hydrogens is 595 g/mol. The molecule has 46 heavy (non-hydrogen) atoms. The van der Waals surface area contributed by atoms with Crippen molar-refractivity contribution in [1.29, 1.82) is 0 Å². The molecule has 1 saturated heterocycles. The quantitative estimate of drug-likeness (QED) is 0.307. The van der Waals surface area contributed by atoms with Gasteiger partial charge in [0.1, 0.15) is 24.4 Å². The minimum absolute atomic E-state index is 0.0879. The third-order valence-corrected chi connectivity index (χ3v) is 9.43. The van der Waals surface area contributed by atoms with Crippen LogP contribution in [0.1, 0.15) is 48.8 Å². The summed E-state index contributed by atoms with van der Waals surface area (Å²) in [4.78, 5) is 66.9. The van der Waals surface area contributed by atoms with Crippen LogP contribution < -0.4 is 10.6 Å². The Kier molecular flexibility index (Phi) is 8.32. The van der Waals surface area contributed by atoms with E-state index < -0.39 is 47.6 Å². The van der Waals surface area contributed by atoms with E-state index in [1.54, 1.807) is 36.5 Å². The maximum atomic E-state index is 14.0. The van der Waals surface area contributed by atoms with Crippen molar-refractivity contribution in [1.82, 2.24) is 30.2 Å². The number of urea groups is 1. The van der Waals surface area contributed by atoms with Crippen LogP contribution in [0.25, 0.3) is 11.1 Å². The van der Waals surface area contributed by atoms with Crippen molar-refractivity contribution in [2.45, 2.75) is 63.2 Å². The third-order valence-electron chi connectivity index (χ3n) is 9.43. The van der Waals surface area contributed by atoms with Gasteiger partial charge in [-0.3, -0.25) is 28.8 Å². The van der Waals surface area contributed by atoms with E-state index in [1.165, 1.54) is 16.8 Å². The molecule has 1 aliphatic heterocycles. The van der Waals surface area contributed by atoms with Crippen molar-refractivity contribution in [2.75, 3.05) is 13.6 Å². The van der Waals surface area contributed by atoms with Gasteiger partial charge in [-0.15, -0.1) is 0 Å². The van der Waals surface area contributed by atoms with E-state index in [-0.39, 0.29) is 25.0 Å². The average Bonchev–Trinajstić information content (AvgIpc) is 3.73. The number of aryl methyl sites for hydroxylation is 1. The minimum atomic E-state index is -1.28. The normalized spacial score (nSPS) is 22.1. The number of carboxylic acids is 1. The van der Waals surface area contributed by atoms with E-state index >= 15 is 0 Å². The number of halogens is 1. The number of carboxylic acid groups (broad SMARTS) is 1. The second-order valence-corrected chi connectivity index (χ2v) is 12.2. The van der Waals surface area contributed by atoms with Gasteiger partial charge in [-0.05, 0) is 72.9 Å². The van der Waals surface area contributed by atoms with Gasteiger partial charge >= 0.3 is 12.0 Å². The van der Waals surface area contributed by atoms with Gasteiger partial charge in [0.2, 0.25) is 11.8 Å². The van der Waals surface area contributed by atoms with Crippen molar-refractivity contribution in [3.8, 4) is 11.1 Å². The number of hydrogen-bond acceptors (Lipinski definition) is 6. The lowest BCUT2D eigenvalue weighted by Crippen LogP contribution is -2.48. The summed E-state index contributed by atoms with van der Waals surface area (Å²) in [5.41, 5.74) is 2.64. The summed E-state index contributed by atoms with van der Waals surface area (Å²) < 4.78 is 15.1. The Hall–Kier alpha value is -5.07. The molecule has 0 unspecified atom stereocenters. The summed E-state index contributed by atoms with van der Waals surface area (Å²) in [6, 6.07) is 10.5. The highest BCUT2D eigenvalue weighted by Crippen LogP contribution is 2.43. The Bertz CT molecular complexity index is 1700. The Labute approximate surface area is 264 Å². The molecule has 0 radical (unpaired) electrons. The predicted molar refractivity (Wildman–Crippen MR) is 162 cm³/mol. The number of hydrogen-bond donors (Lipinski definition) is 3. The molecule has 0 bridgehead atoms. The lowest BCUT2D eigenvalue weighted by atomic mass is 9.85. The van der Waals surface area contributed by atoms with Crippen LogP contribution in [0, 0.1) is 11.7 Å². The standard InChI is InChI=1S/C33H35FN6O6/c1-35-28(41)18-38-17-24(15-36-38)22-6-11-27-23(14-22)12-13-33(27)31(45)40(32(46)37-33)19-29(42)39(16-20-2-7-25(34)8-3-20)26-9-4-21(5-10-26)30(43)44/h2-3,6-8,11,14-15,17,21,26H,4-5,9-10,12-13,16,18-19H2,1H3,(H,35,41)(H,37,46)(H,43,44)/t21?,26?,33-/m0/s1. The summed E-state index contributed by atoms with van der Waals surface area (Å²) in [5, 5.41) is 19.1. The number of nitrogens with one attached hydrogen (secondary N) is 2. The van der Waals surface area contributed by atoms with Gasteiger partial charge < -0.3 is 20.6 Å². The van der Waals surface area contributed by atoms with Gasteiger partial charge in [0.15, 0.2) is 0 Å². The van der Waals surface area contributed by atoms with Gasteiger partial charge in [-0.2, -0.15) is 5.10 Å². The molecule has 3 N–H and O–H groups in total. The highest BCUT2D eigenvalue weighted by atomic mass is 19.1. The van der Waals surface area contributed by atoms with Crippen molar-refractivity contribution >= 4 is 29.7 Å². The van der Waals surface area contributed by atoms with E-state index in [2.05, 4.69) is 15.7 Å². The molecule has 1 spiro atoms. The molecule has 12 nitrogen and oxygen atoms in total. The summed E-state index contributed by atoms with van der Waals surface area (Å²) in [6.07, 6.45) is 6.06. The fraction of sp³-hybridized carbons (Fsp3) is 0.394. The number of likely N-dealkylation sites (N-methyl/N-ethyl adjacent to an activating group) is 1. The second kappa shape index (κ2) is 12.4. The summed E-state index contributed by atoms with van der Waals surface area (Å²) >= 11 is 0. The number of nitrogens with zero attached hydrogens (tertiary/aromatic N) is 4. The summed E-state index contributed by atoms with van der Waals surface area (Å²) in [5.74, 6) is -2.86. The van der Waals surface area contributed by atoms with Crippen LogP contribution in [0.2, 0.25) is 0 Å². The lowest BCUT2D eigenvalue weighted by molar-refractivity contribution is -0.145. The van der Waals surface area contributed by atoms with Crippen LogP contribution >= 0.6 is 0 Å². The molecule has 6 rings (SSSR count). The first-order chi connectivity index (χ1) is 22.1. The Morgan fingerprint density at radius 3 is 2.50 bits per heavy atom. The van der Waals surface area contributed by atoms with E-state index in [4.69, 9.17) is 0 Å². The smallest absolute Gasteiger partial charge is 0.325 e. The van der Waals surface area contributed by atoms with Crippen molar-refractivity contribution in [3.05, 3.63) is 77.4 Å². The molecular formula is C33H35FN6O6. The number of amides is 5. The zero-order valence-electron chi connectivity index (χ0n) is 25.4. The first-order valence-electron chi connectivity index (χ1n) is 15.4. The topological polar surface area (TPSA) is 154 Å². The third kappa shape index (κ3) is 5.84. The Balaban J connectivity index is 1.20. The SMILES string of the molecule is CNC(=O)Cn1cc(-c2ccc3c(c2)CC[C@]32NC(=O)N(CC(=O)N(Cc3ccc(F)cc3)C3CCC(C(=O)O)CC3)C2=O)cn1. The maximum Gasteiger partial charge on any atom is 0.325 e. The molecule has 2 heterocycles. The van der Waals surface area contributed by atoms with Crippen LogP contribution in [-0.2, 0) is 44.2 Å². The monoisotopic (exact) mass is 630 g/mol. The largest absolute Gasteiger partial charge is 0.481 e. The number of aliphatic carboxylic acids is 1. The molecule has 2 aliphatic carbocycles. The lowest BCUT2D eigenvalue weighted by Gasteiger charge is -2.36. The zero-order chi connectivity index (χ0) is 32.6. The molecule has 1 atom stereocenters. The van der Waals surface area contributed by atoms with Crippen molar-refractivity contribution in [2.24, 2.45) is 5.92 Å².